The van der Waals surface area contributed by atoms with Crippen molar-refractivity contribution in [2.24, 2.45) is 5.92 Å². The van der Waals surface area contributed by atoms with Crippen molar-refractivity contribution < 1.29 is 14.3 Å². The van der Waals surface area contributed by atoms with Gasteiger partial charge in [-0.25, -0.2) is 0 Å². The van der Waals surface area contributed by atoms with Gasteiger partial charge in [0.05, 0.1) is 10.9 Å². The first-order chi connectivity index (χ1) is 16.8. The molecule has 0 saturated carbocycles. The molecule has 0 fully saturated rings. The minimum atomic E-state index is -0.167. The lowest BCUT2D eigenvalue weighted by Gasteiger charge is -2.37. The first kappa shape index (κ1) is 25.5. The van der Waals surface area contributed by atoms with Crippen LogP contribution in [0.3, 0.4) is 0 Å². The van der Waals surface area contributed by atoms with E-state index in [0.717, 1.165) is 17.7 Å². The Kier molecular flexibility index (Phi) is 8.29. The summed E-state index contributed by atoms with van der Waals surface area (Å²) in [6, 6.07) is 13.8. The van der Waals surface area contributed by atoms with Gasteiger partial charge in [-0.1, -0.05) is 45.9 Å². The maximum atomic E-state index is 13.6. The number of carbonyl (C=O) groups is 2. The van der Waals surface area contributed by atoms with Crippen LogP contribution in [0.2, 0.25) is 0 Å². The summed E-state index contributed by atoms with van der Waals surface area (Å²) < 4.78 is 6.19. The van der Waals surface area contributed by atoms with Crippen LogP contribution in [-0.4, -0.2) is 47.9 Å². The average molecular weight is 511 g/mol. The molecule has 3 aromatic rings. The van der Waals surface area contributed by atoms with Gasteiger partial charge in [0, 0.05) is 18.0 Å². The van der Waals surface area contributed by atoms with Crippen molar-refractivity contribution in [3.05, 3.63) is 74.1 Å². The molecule has 0 spiro atoms. The molecule has 5 nitrogen and oxygen atoms in total. The van der Waals surface area contributed by atoms with Crippen molar-refractivity contribution in [1.29, 1.82) is 0 Å². The molecule has 0 radical (unpaired) electrons. The Labute approximate surface area is 216 Å². The number of thiophene rings is 2. The molecule has 3 heterocycles. The Balaban J connectivity index is 1.50. The fourth-order valence-corrected chi connectivity index (χ4v) is 6.09. The molecule has 1 unspecified atom stereocenters. The topological polar surface area (TPSA) is 49.9 Å². The first-order valence-electron chi connectivity index (χ1n) is 12.2. The second-order valence-corrected chi connectivity index (χ2v) is 11.7. The number of hydrogen-bond donors (Lipinski definition) is 0. The molecule has 1 atom stereocenters. The molecule has 186 valence electrons. The van der Waals surface area contributed by atoms with Gasteiger partial charge in [-0.3, -0.25) is 9.59 Å². The minimum Gasteiger partial charge on any atom is -0.491 e. The van der Waals surface area contributed by atoms with Gasteiger partial charge in [-0.05, 0) is 64.4 Å². The van der Waals surface area contributed by atoms with Crippen LogP contribution >= 0.6 is 22.7 Å². The highest BCUT2D eigenvalue weighted by Crippen LogP contribution is 2.34. The van der Waals surface area contributed by atoms with Crippen molar-refractivity contribution in [1.82, 2.24) is 9.80 Å². The third kappa shape index (κ3) is 6.14. The molecule has 0 aliphatic carbocycles. The number of benzene rings is 1. The molecule has 1 aliphatic heterocycles. The second kappa shape index (κ2) is 11.4. The Morgan fingerprint density at radius 2 is 1.83 bits per heavy atom. The maximum Gasteiger partial charge on any atom is 0.264 e. The molecular formula is C28H34N2O3S2. The van der Waals surface area contributed by atoms with E-state index in [1.54, 1.807) is 16.2 Å². The predicted octanol–water partition coefficient (Wildman–Crippen LogP) is 6.24. The number of carbonyl (C=O) groups excluding carboxylic acids is 2. The van der Waals surface area contributed by atoms with Crippen LogP contribution in [0.4, 0.5) is 0 Å². The fraction of sp³-hybridized carbons (Fsp3) is 0.429. The molecule has 4 rings (SSSR count). The van der Waals surface area contributed by atoms with Gasteiger partial charge in [0.2, 0.25) is 5.91 Å². The molecule has 1 aromatic carbocycles. The maximum absolute atomic E-state index is 13.6. The number of rotatable bonds is 9. The molecular weight excluding hydrogens is 476 g/mol. The standard InChI is InChI=1S/C28H34N2O3S2/c1-19(2)16-29(28(32)26-6-5-14-34-26)17-27(31)30-13-11-25-23(12-15-35-25)24(30)18-33-22-9-7-21(8-10-22)20(3)4/h5-10,12,14-15,19-20,24H,11,13,16-18H2,1-4H3. The lowest BCUT2D eigenvalue weighted by atomic mass is 10.00. The Morgan fingerprint density at radius 1 is 1.06 bits per heavy atom. The van der Waals surface area contributed by atoms with Crippen molar-refractivity contribution >= 4 is 34.5 Å². The predicted molar refractivity (Wildman–Crippen MR) is 144 cm³/mol. The van der Waals surface area contributed by atoms with E-state index in [0.29, 0.717) is 30.5 Å². The molecule has 1 aliphatic rings. The largest absolute Gasteiger partial charge is 0.491 e. The lowest BCUT2D eigenvalue weighted by molar-refractivity contribution is -0.135. The van der Waals surface area contributed by atoms with E-state index in [2.05, 4.69) is 51.3 Å². The Bertz CT molecular complexity index is 1120. The Morgan fingerprint density at radius 3 is 2.49 bits per heavy atom. The van der Waals surface area contributed by atoms with E-state index in [1.807, 2.05) is 34.5 Å². The molecule has 0 N–H and O–H groups in total. The highest BCUT2D eigenvalue weighted by atomic mass is 32.1. The molecule has 0 bridgehead atoms. The van der Waals surface area contributed by atoms with Gasteiger partial charge in [0.15, 0.2) is 0 Å². The summed E-state index contributed by atoms with van der Waals surface area (Å²) in [5.74, 6) is 1.43. The fourth-order valence-electron chi connectivity index (χ4n) is 4.47. The van der Waals surface area contributed by atoms with E-state index < -0.39 is 0 Å². The van der Waals surface area contributed by atoms with E-state index >= 15 is 0 Å². The van der Waals surface area contributed by atoms with Gasteiger partial charge in [0.25, 0.3) is 5.91 Å². The molecule has 2 amide bonds. The van der Waals surface area contributed by atoms with Gasteiger partial charge < -0.3 is 14.5 Å². The van der Waals surface area contributed by atoms with Crippen molar-refractivity contribution in [3.63, 3.8) is 0 Å². The van der Waals surface area contributed by atoms with Crippen molar-refractivity contribution in [2.45, 2.75) is 46.1 Å². The number of nitrogens with zero attached hydrogens (tertiary/aromatic N) is 2. The van der Waals surface area contributed by atoms with Crippen molar-refractivity contribution in [2.75, 3.05) is 26.2 Å². The van der Waals surface area contributed by atoms with E-state index in [1.165, 1.54) is 21.8 Å². The van der Waals surface area contributed by atoms with Crippen LogP contribution in [0.1, 0.15) is 65.3 Å². The third-order valence-corrected chi connectivity index (χ3v) is 8.16. The van der Waals surface area contributed by atoms with Crippen LogP contribution in [0.25, 0.3) is 0 Å². The highest BCUT2D eigenvalue weighted by molar-refractivity contribution is 7.12. The van der Waals surface area contributed by atoms with E-state index in [4.69, 9.17) is 4.74 Å². The number of fused-ring (bicyclic) bond motifs is 1. The SMILES string of the molecule is CC(C)CN(CC(=O)N1CCc2sccc2C1COc1ccc(C(C)C)cc1)C(=O)c1cccs1. The van der Waals surface area contributed by atoms with Gasteiger partial charge in [0.1, 0.15) is 18.9 Å². The summed E-state index contributed by atoms with van der Waals surface area (Å²) in [6.45, 7) is 10.1. The van der Waals surface area contributed by atoms with Crippen molar-refractivity contribution in [3.8, 4) is 5.75 Å². The second-order valence-electron chi connectivity index (χ2n) is 9.74. The average Bonchev–Trinajstić information content (AvgIpc) is 3.53. The summed E-state index contributed by atoms with van der Waals surface area (Å²) >= 11 is 3.15. The van der Waals surface area contributed by atoms with E-state index in [9.17, 15) is 9.59 Å². The van der Waals surface area contributed by atoms with Gasteiger partial charge in [-0.15, -0.1) is 22.7 Å². The van der Waals surface area contributed by atoms with Crippen LogP contribution in [0.15, 0.2) is 53.2 Å². The van der Waals surface area contributed by atoms with Crippen LogP contribution in [0.5, 0.6) is 5.75 Å². The van der Waals surface area contributed by atoms with E-state index in [-0.39, 0.29) is 30.3 Å². The monoisotopic (exact) mass is 510 g/mol. The quantitative estimate of drug-likeness (QED) is 0.343. The molecule has 0 saturated heterocycles. The third-order valence-electron chi connectivity index (χ3n) is 6.30. The van der Waals surface area contributed by atoms with Crippen LogP contribution in [-0.2, 0) is 11.2 Å². The summed E-state index contributed by atoms with van der Waals surface area (Å²) in [4.78, 5) is 32.3. The zero-order valence-corrected chi connectivity index (χ0v) is 22.5. The molecule has 35 heavy (non-hydrogen) atoms. The summed E-state index contributed by atoms with van der Waals surface area (Å²) in [7, 11) is 0. The molecule has 7 heteroatoms. The van der Waals surface area contributed by atoms with Crippen LogP contribution < -0.4 is 4.74 Å². The lowest BCUT2D eigenvalue weighted by Crippen LogP contribution is -2.48. The zero-order chi connectivity index (χ0) is 24.9. The molecule has 2 aromatic heterocycles. The first-order valence-corrected chi connectivity index (χ1v) is 14.0. The number of hydrogen-bond acceptors (Lipinski definition) is 5. The number of amides is 2. The van der Waals surface area contributed by atoms with Crippen LogP contribution in [0, 0.1) is 5.92 Å². The summed E-state index contributed by atoms with van der Waals surface area (Å²) in [5, 5.41) is 3.99. The minimum absolute atomic E-state index is 0.0313. The number of ether oxygens (including phenoxy) is 1. The summed E-state index contributed by atoms with van der Waals surface area (Å²) in [5.41, 5.74) is 2.43. The van der Waals surface area contributed by atoms with Gasteiger partial charge in [-0.2, -0.15) is 0 Å². The normalized spacial score (nSPS) is 15.4. The smallest absolute Gasteiger partial charge is 0.264 e. The Hall–Kier alpha value is -2.64. The summed E-state index contributed by atoms with van der Waals surface area (Å²) in [6.07, 6.45) is 0.835. The zero-order valence-electron chi connectivity index (χ0n) is 20.9. The van der Waals surface area contributed by atoms with Gasteiger partial charge >= 0.3 is 0 Å². The highest BCUT2D eigenvalue weighted by Gasteiger charge is 2.34.